The van der Waals surface area contributed by atoms with Crippen molar-refractivity contribution in [3.8, 4) is 11.1 Å². The Morgan fingerprint density at radius 2 is 1.43 bits per heavy atom. The number of urea groups is 1. The summed E-state index contributed by atoms with van der Waals surface area (Å²) in [5.74, 6) is 0. The van der Waals surface area contributed by atoms with Gasteiger partial charge in [0.05, 0.1) is 5.69 Å². The van der Waals surface area contributed by atoms with Gasteiger partial charge in [0, 0.05) is 11.3 Å². The summed E-state index contributed by atoms with van der Waals surface area (Å²) in [7, 11) is 0. The number of carbonyl (C=O) groups excluding carboxylic acids is 1. The van der Waals surface area contributed by atoms with Crippen molar-refractivity contribution in [2.24, 2.45) is 0 Å². The monoisotopic (exact) mass is 302 g/mol. The molecule has 3 nitrogen and oxygen atoms in total. The van der Waals surface area contributed by atoms with Crippen LogP contribution in [0.15, 0.2) is 78.9 Å². The molecule has 3 heteroatoms. The van der Waals surface area contributed by atoms with Crippen molar-refractivity contribution in [3.63, 3.8) is 0 Å². The molecule has 0 aliphatic heterocycles. The second-order valence-electron chi connectivity index (χ2n) is 5.36. The first kappa shape index (κ1) is 14.9. The Kier molecular flexibility index (Phi) is 4.39. The Bertz CT molecular complexity index is 798. The molecule has 3 rings (SSSR count). The van der Waals surface area contributed by atoms with Crippen molar-refractivity contribution in [2.75, 3.05) is 10.6 Å². The molecule has 0 aliphatic carbocycles. The fourth-order valence-electron chi connectivity index (χ4n) is 2.43. The fraction of sp³-hybridized carbons (Fsp3) is 0.0500. The van der Waals surface area contributed by atoms with Crippen molar-refractivity contribution in [1.29, 1.82) is 0 Å². The number of para-hydroxylation sites is 1. The molecule has 0 unspecified atom stereocenters. The number of hydrogen-bond acceptors (Lipinski definition) is 1. The van der Waals surface area contributed by atoms with Gasteiger partial charge in [-0.05, 0) is 36.8 Å². The molecule has 2 N–H and O–H groups in total. The summed E-state index contributed by atoms with van der Waals surface area (Å²) in [5.41, 5.74) is 4.78. The average Bonchev–Trinajstić information content (AvgIpc) is 2.58. The van der Waals surface area contributed by atoms with Gasteiger partial charge in [-0.2, -0.15) is 0 Å². The van der Waals surface area contributed by atoms with Crippen LogP contribution in [0.3, 0.4) is 0 Å². The molecule has 0 radical (unpaired) electrons. The minimum Gasteiger partial charge on any atom is -0.308 e. The third-order valence-corrected chi connectivity index (χ3v) is 3.54. The zero-order valence-corrected chi connectivity index (χ0v) is 12.9. The lowest BCUT2D eigenvalue weighted by Gasteiger charge is -2.13. The van der Waals surface area contributed by atoms with E-state index in [0.29, 0.717) is 0 Å². The van der Waals surface area contributed by atoms with Gasteiger partial charge in [-0.1, -0.05) is 60.2 Å². The zero-order chi connectivity index (χ0) is 16.1. The molecule has 0 heterocycles. The number of rotatable bonds is 3. The van der Waals surface area contributed by atoms with Crippen LogP contribution in [0.1, 0.15) is 5.56 Å². The molecule has 0 bridgehead atoms. The first-order chi connectivity index (χ1) is 11.2. The van der Waals surface area contributed by atoms with E-state index in [9.17, 15) is 4.79 Å². The quantitative estimate of drug-likeness (QED) is 0.676. The summed E-state index contributed by atoms with van der Waals surface area (Å²) in [6.45, 7) is 2.04. The first-order valence-electron chi connectivity index (χ1n) is 7.51. The van der Waals surface area contributed by atoms with Crippen molar-refractivity contribution in [2.45, 2.75) is 6.92 Å². The number of benzene rings is 3. The molecule has 0 spiro atoms. The maximum absolute atomic E-state index is 12.2. The van der Waals surface area contributed by atoms with E-state index < -0.39 is 0 Å². The van der Waals surface area contributed by atoms with Crippen molar-refractivity contribution in [1.82, 2.24) is 0 Å². The first-order valence-corrected chi connectivity index (χ1v) is 7.51. The molecule has 3 aromatic carbocycles. The summed E-state index contributed by atoms with van der Waals surface area (Å²) in [6.07, 6.45) is 0. The van der Waals surface area contributed by atoms with E-state index in [1.807, 2.05) is 79.7 Å². The molecule has 0 saturated carbocycles. The summed E-state index contributed by atoms with van der Waals surface area (Å²) in [6, 6.07) is 25.2. The lowest BCUT2D eigenvalue weighted by atomic mass is 10.0. The minimum absolute atomic E-state index is 0.253. The molecule has 0 aliphatic rings. The zero-order valence-electron chi connectivity index (χ0n) is 12.9. The standard InChI is InChI=1S/C20H18N2O/c1-15-12-13-19(18(14-15)16-8-4-2-5-9-16)22-20(23)21-17-10-6-3-7-11-17/h2-14H,1H3,(H2,21,22,23). The maximum Gasteiger partial charge on any atom is 0.323 e. The molecule has 23 heavy (non-hydrogen) atoms. The van der Waals surface area contributed by atoms with E-state index in [0.717, 1.165) is 28.1 Å². The number of carbonyl (C=O) groups is 1. The topological polar surface area (TPSA) is 41.1 Å². The molecule has 0 atom stereocenters. The van der Waals surface area contributed by atoms with Crippen LogP contribution in [0.5, 0.6) is 0 Å². The Hall–Kier alpha value is -3.07. The van der Waals surface area contributed by atoms with Crippen LogP contribution in [0.25, 0.3) is 11.1 Å². The van der Waals surface area contributed by atoms with E-state index in [2.05, 4.69) is 16.7 Å². The summed E-state index contributed by atoms with van der Waals surface area (Å²) >= 11 is 0. The molecule has 114 valence electrons. The van der Waals surface area contributed by atoms with Crippen molar-refractivity contribution in [3.05, 3.63) is 84.4 Å². The predicted octanol–water partition coefficient (Wildman–Crippen LogP) is 5.31. The highest BCUT2D eigenvalue weighted by atomic mass is 16.2. The summed E-state index contributed by atoms with van der Waals surface area (Å²) < 4.78 is 0. The van der Waals surface area contributed by atoms with Crippen LogP contribution in [-0.4, -0.2) is 6.03 Å². The normalized spacial score (nSPS) is 10.1. The second kappa shape index (κ2) is 6.79. The van der Waals surface area contributed by atoms with Gasteiger partial charge in [0.2, 0.25) is 0 Å². The van der Waals surface area contributed by atoms with E-state index in [1.54, 1.807) is 0 Å². The summed E-state index contributed by atoms with van der Waals surface area (Å²) in [4.78, 5) is 12.2. The van der Waals surface area contributed by atoms with Crippen LogP contribution in [-0.2, 0) is 0 Å². The second-order valence-corrected chi connectivity index (χ2v) is 5.36. The summed E-state index contributed by atoms with van der Waals surface area (Å²) in [5, 5.41) is 5.77. The lowest BCUT2D eigenvalue weighted by molar-refractivity contribution is 0.262. The van der Waals surface area contributed by atoms with Gasteiger partial charge in [-0.3, -0.25) is 0 Å². The van der Waals surface area contributed by atoms with Crippen LogP contribution in [0.2, 0.25) is 0 Å². The molecule has 2 amide bonds. The smallest absolute Gasteiger partial charge is 0.308 e. The van der Waals surface area contributed by atoms with E-state index in [1.165, 1.54) is 0 Å². The van der Waals surface area contributed by atoms with Crippen LogP contribution in [0, 0.1) is 6.92 Å². The molecule has 3 aromatic rings. The third-order valence-electron chi connectivity index (χ3n) is 3.54. The van der Waals surface area contributed by atoms with E-state index in [4.69, 9.17) is 0 Å². The van der Waals surface area contributed by atoms with E-state index >= 15 is 0 Å². The highest BCUT2D eigenvalue weighted by molar-refractivity contribution is 6.02. The number of aryl methyl sites for hydroxylation is 1. The molecule has 0 aromatic heterocycles. The Morgan fingerprint density at radius 1 is 0.783 bits per heavy atom. The predicted molar refractivity (Wildman–Crippen MR) is 95.7 cm³/mol. The van der Waals surface area contributed by atoms with Gasteiger partial charge in [0.15, 0.2) is 0 Å². The molecular weight excluding hydrogens is 284 g/mol. The Labute approximate surface area is 136 Å². The maximum atomic E-state index is 12.2. The highest BCUT2D eigenvalue weighted by Gasteiger charge is 2.09. The van der Waals surface area contributed by atoms with E-state index in [-0.39, 0.29) is 6.03 Å². The number of hydrogen-bond donors (Lipinski definition) is 2. The van der Waals surface area contributed by atoms with Crippen molar-refractivity contribution < 1.29 is 4.79 Å². The van der Waals surface area contributed by atoms with Crippen LogP contribution in [0.4, 0.5) is 16.2 Å². The molecule has 0 fully saturated rings. The SMILES string of the molecule is Cc1ccc(NC(=O)Nc2ccccc2)c(-c2ccccc2)c1. The Morgan fingerprint density at radius 3 is 2.13 bits per heavy atom. The molecular formula is C20H18N2O. The minimum atomic E-state index is -0.253. The fourth-order valence-corrected chi connectivity index (χ4v) is 2.43. The molecule has 0 saturated heterocycles. The van der Waals surface area contributed by atoms with Crippen LogP contribution < -0.4 is 10.6 Å². The van der Waals surface area contributed by atoms with Gasteiger partial charge in [-0.15, -0.1) is 0 Å². The van der Waals surface area contributed by atoms with Gasteiger partial charge in [-0.25, -0.2) is 4.79 Å². The number of anilines is 2. The van der Waals surface area contributed by atoms with Crippen molar-refractivity contribution >= 4 is 17.4 Å². The third kappa shape index (κ3) is 3.77. The number of nitrogens with one attached hydrogen (secondary N) is 2. The van der Waals surface area contributed by atoms with Gasteiger partial charge in [0.25, 0.3) is 0 Å². The average molecular weight is 302 g/mol. The largest absolute Gasteiger partial charge is 0.323 e. The van der Waals surface area contributed by atoms with Gasteiger partial charge >= 0.3 is 6.03 Å². The Balaban J connectivity index is 1.84. The number of amides is 2. The van der Waals surface area contributed by atoms with Gasteiger partial charge < -0.3 is 10.6 Å². The van der Waals surface area contributed by atoms with Crippen LogP contribution >= 0.6 is 0 Å². The highest BCUT2D eigenvalue weighted by Crippen LogP contribution is 2.29. The lowest BCUT2D eigenvalue weighted by Crippen LogP contribution is -2.19. The van der Waals surface area contributed by atoms with Gasteiger partial charge in [0.1, 0.15) is 0 Å².